The molecule has 0 aliphatic carbocycles. The lowest BCUT2D eigenvalue weighted by atomic mass is 10.0. The molecule has 0 unspecified atom stereocenters. The summed E-state index contributed by atoms with van der Waals surface area (Å²) in [6, 6.07) is 18.2. The molecular formula is C25H29N5O2. The molecule has 7 nitrogen and oxygen atoms in total. The largest absolute Gasteiger partial charge is 0.353 e. The van der Waals surface area contributed by atoms with Crippen molar-refractivity contribution in [2.45, 2.75) is 32.5 Å². The zero-order valence-electron chi connectivity index (χ0n) is 18.5. The van der Waals surface area contributed by atoms with E-state index in [0.29, 0.717) is 26.2 Å². The average Bonchev–Trinajstić information content (AvgIpc) is 3.12. The molecule has 2 aromatic carbocycles. The van der Waals surface area contributed by atoms with E-state index in [-0.39, 0.29) is 18.2 Å². The topological polar surface area (TPSA) is 79.3 Å². The molecule has 32 heavy (non-hydrogen) atoms. The first kappa shape index (κ1) is 21.8. The normalized spacial score (nSPS) is 16.6. The molecule has 2 amide bonds. The second-order valence-corrected chi connectivity index (χ2v) is 8.23. The Hall–Kier alpha value is -3.45. The summed E-state index contributed by atoms with van der Waals surface area (Å²) in [6.45, 7) is 4.26. The highest BCUT2D eigenvalue weighted by Crippen LogP contribution is 2.21. The summed E-state index contributed by atoms with van der Waals surface area (Å²) in [7, 11) is 1.86. The lowest BCUT2D eigenvalue weighted by Gasteiger charge is -2.34. The van der Waals surface area contributed by atoms with Crippen LogP contribution in [0.4, 0.5) is 0 Å². The van der Waals surface area contributed by atoms with Crippen LogP contribution in [0.5, 0.6) is 0 Å². The standard InChI is InChI=1S/C25H29N5O2/c1-18-22(17-29(2)28-18)15-27-24(31)14-23-25(32)26-12-13-30(23)16-19-8-10-21(11-9-19)20-6-4-3-5-7-20/h3-11,17,23H,12-16H2,1-2H3,(H,26,32)(H,27,31)/t23-/m1/s1. The zero-order valence-corrected chi connectivity index (χ0v) is 18.5. The minimum Gasteiger partial charge on any atom is -0.353 e. The Balaban J connectivity index is 1.38. The van der Waals surface area contributed by atoms with Crippen LogP contribution in [0.15, 0.2) is 60.8 Å². The summed E-state index contributed by atoms with van der Waals surface area (Å²) in [5.74, 6) is -0.232. The SMILES string of the molecule is Cc1nn(C)cc1CNC(=O)C[C@@H]1C(=O)NCCN1Cc1ccc(-c2ccccc2)cc1. The number of hydrogen-bond donors (Lipinski definition) is 2. The van der Waals surface area contributed by atoms with Crippen molar-refractivity contribution < 1.29 is 9.59 Å². The van der Waals surface area contributed by atoms with E-state index in [0.717, 1.165) is 22.4 Å². The smallest absolute Gasteiger partial charge is 0.237 e. The summed E-state index contributed by atoms with van der Waals surface area (Å²) < 4.78 is 1.73. The molecule has 1 atom stereocenters. The molecule has 7 heteroatoms. The van der Waals surface area contributed by atoms with Crippen molar-refractivity contribution in [2.24, 2.45) is 7.05 Å². The number of aryl methyl sites for hydroxylation is 2. The van der Waals surface area contributed by atoms with Gasteiger partial charge in [0.2, 0.25) is 11.8 Å². The van der Waals surface area contributed by atoms with Crippen molar-refractivity contribution in [3.63, 3.8) is 0 Å². The van der Waals surface area contributed by atoms with E-state index in [1.807, 2.05) is 38.4 Å². The third-order valence-electron chi connectivity index (χ3n) is 5.86. The van der Waals surface area contributed by atoms with Gasteiger partial charge in [-0.1, -0.05) is 54.6 Å². The molecule has 0 spiro atoms. The number of rotatable bonds is 7. The predicted molar refractivity (Wildman–Crippen MR) is 123 cm³/mol. The van der Waals surface area contributed by atoms with E-state index in [4.69, 9.17) is 0 Å². The fraction of sp³-hybridized carbons (Fsp3) is 0.320. The number of amides is 2. The molecule has 4 rings (SSSR count). The number of nitrogens with one attached hydrogen (secondary N) is 2. The second-order valence-electron chi connectivity index (χ2n) is 8.23. The number of benzene rings is 2. The maximum atomic E-state index is 12.6. The van der Waals surface area contributed by atoms with Gasteiger partial charge in [-0.05, 0) is 23.6 Å². The minimum atomic E-state index is -0.479. The molecule has 2 heterocycles. The third-order valence-corrected chi connectivity index (χ3v) is 5.86. The van der Waals surface area contributed by atoms with Crippen LogP contribution in [0.1, 0.15) is 23.2 Å². The van der Waals surface area contributed by atoms with Crippen LogP contribution in [0.25, 0.3) is 11.1 Å². The highest BCUT2D eigenvalue weighted by atomic mass is 16.2. The van der Waals surface area contributed by atoms with E-state index in [1.165, 1.54) is 5.56 Å². The molecule has 0 saturated carbocycles. The summed E-state index contributed by atoms with van der Waals surface area (Å²) in [4.78, 5) is 27.2. The third kappa shape index (κ3) is 5.23. The second kappa shape index (κ2) is 9.78. The van der Waals surface area contributed by atoms with Crippen LogP contribution in [-0.2, 0) is 29.7 Å². The van der Waals surface area contributed by atoms with Gasteiger partial charge in [-0.25, -0.2) is 0 Å². The van der Waals surface area contributed by atoms with Crippen LogP contribution in [0.3, 0.4) is 0 Å². The molecule has 1 aliphatic heterocycles. The lowest BCUT2D eigenvalue weighted by molar-refractivity contribution is -0.134. The van der Waals surface area contributed by atoms with Gasteiger partial charge < -0.3 is 10.6 Å². The number of nitrogens with zero attached hydrogens (tertiary/aromatic N) is 3. The van der Waals surface area contributed by atoms with Crippen molar-refractivity contribution in [3.05, 3.63) is 77.6 Å². The summed E-state index contributed by atoms with van der Waals surface area (Å²) in [5.41, 5.74) is 5.33. The zero-order chi connectivity index (χ0) is 22.5. The predicted octanol–water partition coefficient (Wildman–Crippen LogP) is 2.40. The highest BCUT2D eigenvalue weighted by Gasteiger charge is 2.31. The molecule has 1 aliphatic rings. The van der Waals surface area contributed by atoms with Gasteiger partial charge in [0.1, 0.15) is 0 Å². The molecule has 2 N–H and O–H groups in total. The molecule has 3 aromatic rings. The number of carbonyl (C=O) groups is 2. The van der Waals surface area contributed by atoms with E-state index in [2.05, 4.69) is 57.0 Å². The quantitative estimate of drug-likeness (QED) is 0.602. The van der Waals surface area contributed by atoms with Crippen LogP contribution < -0.4 is 10.6 Å². The highest BCUT2D eigenvalue weighted by molar-refractivity contribution is 5.88. The van der Waals surface area contributed by atoms with Gasteiger partial charge in [0, 0.05) is 45.0 Å². The number of aromatic nitrogens is 2. The fourth-order valence-electron chi connectivity index (χ4n) is 4.10. The summed E-state index contributed by atoms with van der Waals surface area (Å²) >= 11 is 0. The maximum Gasteiger partial charge on any atom is 0.237 e. The fourth-order valence-corrected chi connectivity index (χ4v) is 4.10. The van der Waals surface area contributed by atoms with Crippen molar-refractivity contribution in [2.75, 3.05) is 13.1 Å². The van der Waals surface area contributed by atoms with Crippen molar-refractivity contribution in [1.29, 1.82) is 0 Å². The van der Waals surface area contributed by atoms with Gasteiger partial charge in [0.25, 0.3) is 0 Å². The van der Waals surface area contributed by atoms with Crippen molar-refractivity contribution >= 4 is 11.8 Å². The number of piperazine rings is 1. The van der Waals surface area contributed by atoms with Crippen LogP contribution in [0, 0.1) is 6.92 Å². The molecule has 166 valence electrons. The van der Waals surface area contributed by atoms with Crippen LogP contribution in [0.2, 0.25) is 0 Å². The first-order chi connectivity index (χ1) is 15.5. The molecular weight excluding hydrogens is 402 g/mol. The van der Waals surface area contributed by atoms with Gasteiger partial charge in [0.05, 0.1) is 18.2 Å². The van der Waals surface area contributed by atoms with E-state index in [1.54, 1.807) is 4.68 Å². The Kier molecular flexibility index (Phi) is 6.66. The van der Waals surface area contributed by atoms with Crippen LogP contribution >= 0.6 is 0 Å². The number of hydrogen-bond acceptors (Lipinski definition) is 4. The van der Waals surface area contributed by atoms with Crippen molar-refractivity contribution in [1.82, 2.24) is 25.3 Å². The Labute approximate surface area is 188 Å². The minimum absolute atomic E-state index is 0.0927. The van der Waals surface area contributed by atoms with Gasteiger partial charge in [-0.3, -0.25) is 19.2 Å². The first-order valence-electron chi connectivity index (χ1n) is 10.9. The Morgan fingerprint density at radius 3 is 2.53 bits per heavy atom. The van der Waals surface area contributed by atoms with Gasteiger partial charge in [-0.15, -0.1) is 0 Å². The maximum absolute atomic E-state index is 12.6. The van der Waals surface area contributed by atoms with Gasteiger partial charge in [0.15, 0.2) is 0 Å². The van der Waals surface area contributed by atoms with Gasteiger partial charge in [-0.2, -0.15) is 5.10 Å². The number of carbonyl (C=O) groups excluding carboxylic acids is 2. The Morgan fingerprint density at radius 1 is 1.12 bits per heavy atom. The summed E-state index contributed by atoms with van der Waals surface area (Å²) in [5, 5.41) is 10.1. The molecule has 1 aromatic heterocycles. The van der Waals surface area contributed by atoms with E-state index in [9.17, 15) is 9.59 Å². The van der Waals surface area contributed by atoms with Gasteiger partial charge >= 0.3 is 0 Å². The Bertz CT molecular complexity index is 1080. The average molecular weight is 432 g/mol. The van der Waals surface area contributed by atoms with Crippen molar-refractivity contribution in [3.8, 4) is 11.1 Å². The molecule has 1 fully saturated rings. The van der Waals surface area contributed by atoms with Crippen LogP contribution in [-0.4, -0.2) is 45.6 Å². The monoisotopic (exact) mass is 431 g/mol. The first-order valence-corrected chi connectivity index (χ1v) is 10.9. The molecule has 1 saturated heterocycles. The molecule has 0 bridgehead atoms. The van der Waals surface area contributed by atoms with E-state index < -0.39 is 6.04 Å². The summed E-state index contributed by atoms with van der Waals surface area (Å²) in [6.07, 6.45) is 2.03. The lowest BCUT2D eigenvalue weighted by Crippen LogP contribution is -2.56. The van der Waals surface area contributed by atoms with E-state index >= 15 is 0 Å². The molecule has 0 radical (unpaired) electrons. The Morgan fingerprint density at radius 2 is 1.84 bits per heavy atom.